The van der Waals surface area contributed by atoms with E-state index in [1.165, 1.54) is 30.3 Å². The number of hydrogen-bond acceptors (Lipinski definition) is 7. The fourth-order valence-electron chi connectivity index (χ4n) is 1.78. The van der Waals surface area contributed by atoms with Crippen molar-refractivity contribution < 1.29 is 38.5 Å². The number of ether oxygens (including phenoxy) is 3. The minimum atomic E-state index is -1.76. The van der Waals surface area contributed by atoms with Crippen molar-refractivity contribution in [1.82, 2.24) is 0 Å². The Morgan fingerprint density at radius 3 is 2.08 bits per heavy atom. The summed E-state index contributed by atoms with van der Waals surface area (Å²) in [6.45, 7) is 1.95. The monoisotopic (exact) mass is 350 g/mol. The summed E-state index contributed by atoms with van der Waals surface area (Å²) in [5.74, 6) is -2.37. The molecule has 0 saturated carbocycles. The van der Waals surface area contributed by atoms with E-state index in [1.807, 2.05) is 0 Å². The largest absolute Gasteiger partial charge is 0.513 e. The zero-order valence-electron chi connectivity index (χ0n) is 13.6. The molecule has 8 nitrogen and oxygen atoms in total. The van der Waals surface area contributed by atoms with Gasteiger partial charge in [0, 0.05) is 6.08 Å². The van der Waals surface area contributed by atoms with Gasteiger partial charge >= 0.3 is 24.1 Å². The molecule has 0 aromatic heterocycles. The van der Waals surface area contributed by atoms with Gasteiger partial charge in [-0.25, -0.2) is 19.2 Å². The third kappa shape index (κ3) is 7.30. The molecule has 0 fully saturated rings. The SMILES string of the molecule is CC=CC(=O)OCCCCOC(=O)c1ccccc1C(=O)OC(=O)O. The zero-order valence-corrected chi connectivity index (χ0v) is 13.6. The highest BCUT2D eigenvalue weighted by Crippen LogP contribution is 2.12. The number of carbonyl (C=O) groups excluding carboxylic acids is 3. The van der Waals surface area contributed by atoms with Crippen LogP contribution in [-0.2, 0) is 19.0 Å². The van der Waals surface area contributed by atoms with E-state index in [0.29, 0.717) is 12.8 Å². The van der Waals surface area contributed by atoms with E-state index in [9.17, 15) is 19.2 Å². The average Bonchev–Trinajstić information content (AvgIpc) is 2.57. The van der Waals surface area contributed by atoms with Gasteiger partial charge in [-0.1, -0.05) is 18.2 Å². The topological polar surface area (TPSA) is 116 Å². The number of hydrogen-bond donors (Lipinski definition) is 1. The average molecular weight is 350 g/mol. The summed E-state index contributed by atoms with van der Waals surface area (Å²) < 4.78 is 14.0. The molecule has 1 aromatic rings. The van der Waals surface area contributed by atoms with Crippen LogP contribution in [0.1, 0.15) is 40.5 Å². The normalized spacial score (nSPS) is 10.3. The first-order valence-electron chi connectivity index (χ1n) is 7.46. The Balaban J connectivity index is 2.46. The molecule has 1 aromatic carbocycles. The summed E-state index contributed by atoms with van der Waals surface area (Å²) in [6.07, 6.45) is 2.06. The van der Waals surface area contributed by atoms with Crippen LogP contribution in [-0.4, -0.2) is 42.4 Å². The molecule has 0 heterocycles. The maximum Gasteiger partial charge on any atom is 0.513 e. The molecular formula is C17H18O8. The van der Waals surface area contributed by atoms with Crippen LogP contribution in [0.3, 0.4) is 0 Å². The van der Waals surface area contributed by atoms with Crippen LogP contribution in [0.25, 0.3) is 0 Å². The zero-order chi connectivity index (χ0) is 18.7. The molecule has 1 rings (SSSR count). The van der Waals surface area contributed by atoms with Gasteiger partial charge in [0.2, 0.25) is 0 Å². The summed E-state index contributed by atoms with van der Waals surface area (Å²) in [5, 5.41) is 8.47. The van der Waals surface area contributed by atoms with Gasteiger partial charge < -0.3 is 19.3 Å². The molecule has 25 heavy (non-hydrogen) atoms. The van der Waals surface area contributed by atoms with Crippen LogP contribution < -0.4 is 0 Å². The van der Waals surface area contributed by atoms with E-state index in [2.05, 4.69) is 4.74 Å². The summed E-state index contributed by atoms with van der Waals surface area (Å²) >= 11 is 0. The van der Waals surface area contributed by atoms with E-state index in [1.54, 1.807) is 13.0 Å². The van der Waals surface area contributed by atoms with Crippen molar-refractivity contribution in [3.05, 3.63) is 47.5 Å². The maximum absolute atomic E-state index is 12.0. The van der Waals surface area contributed by atoms with Crippen LogP contribution >= 0.6 is 0 Å². The van der Waals surface area contributed by atoms with Crippen molar-refractivity contribution in [2.75, 3.05) is 13.2 Å². The number of esters is 3. The Morgan fingerprint density at radius 1 is 0.960 bits per heavy atom. The third-order valence-electron chi connectivity index (χ3n) is 2.87. The summed E-state index contributed by atoms with van der Waals surface area (Å²) in [7, 11) is 0. The molecular weight excluding hydrogens is 332 g/mol. The number of benzene rings is 1. The lowest BCUT2D eigenvalue weighted by molar-refractivity contribution is -0.137. The van der Waals surface area contributed by atoms with Crippen molar-refractivity contribution in [3.8, 4) is 0 Å². The molecule has 0 atom stereocenters. The van der Waals surface area contributed by atoms with Gasteiger partial charge in [-0.15, -0.1) is 0 Å². The minimum absolute atomic E-state index is 0.0579. The minimum Gasteiger partial charge on any atom is -0.463 e. The predicted octanol–water partition coefficient (Wildman–Crippen LogP) is 2.58. The molecule has 0 spiro atoms. The summed E-state index contributed by atoms with van der Waals surface area (Å²) in [5.41, 5.74) is -0.288. The summed E-state index contributed by atoms with van der Waals surface area (Å²) in [6, 6.07) is 5.57. The van der Waals surface area contributed by atoms with Crippen molar-refractivity contribution >= 4 is 24.1 Å². The van der Waals surface area contributed by atoms with Gasteiger partial charge in [0.1, 0.15) is 0 Å². The molecule has 0 aliphatic heterocycles. The van der Waals surface area contributed by atoms with Crippen LogP contribution in [0, 0.1) is 0 Å². The summed E-state index contributed by atoms with van der Waals surface area (Å²) in [4.78, 5) is 45.2. The molecule has 0 unspecified atom stereocenters. The van der Waals surface area contributed by atoms with Crippen LogP contribution in [0.2, 0.25) is 0 Å². The van der Waals surface area contributed by atoms with E-state index in [4.69, 9.17) is 14.6 Å². The van der Waals surface area contributed by atoms with Crippen molar-refractivity contribution in [1.29, 1.82) is 0 Å². The Morgan fingerprint density at radius 2 is 1.52 bits per heavy atom. The van der Waals surface area contributed by atoms with Crippen molar-refractivity contribution in [2.24, 2.45) is 0 Å². The molecule has 1 N–H and O–H groups in total. The molecule has 0 aliphatic rings. The second-order valence-electron chi connectivity index (χ2n) is 4.71. The second kappa shape index (κ2) is 10.6. The first-order chi connectivity index (χ1) is 12.0. The molecule has 0 bridgehead atoms. The highest BCUT2D eigenvalue weighted by molar-refractivity contribution is 6.05. The quantitative estimate of drug-likeness (QED) is 0.250. The Hall–Kier alpha value is -3.16. The van der Waals surface area contributed by atoms with Gasteiger partial charge in [0.25, 0.3) is 0 Å². The molecule has 134 valence electrons. The van der Waals surface area contributed by atoms with Crippen molar-refractivity contribution in [2.45, 2.75) is 19.8 Å². The number of rotatable bonds is 8. The van der Waals surface area contributed by atoms with E-state index in [0.717, 1.165) is 0 Å². The number of carboxylic acid groups (broad SMARTS) is 1. The van der Waals surface area contributed by atoms with Crippen LogP contribution in [0.15, 0.2) is 36.4 Å². The Kier molecular flexibility index (Phi) is 8.42. The number of carbonyl (C=O) groups is 4. The van der Waals surface area contributed by atoms with Crippen molar-refractivity contribution in [3.63, 3.8) is 0 Å². The van der Waals surface area contributed by atoms with Crippen LogP contribution in [0.5, 0.6) is 0 Å². The highest BCUT2D eigenvalue weighted by atomic mass is 16.7. The Bertz CT molecular complexity index is 662. The van der Waals surface area contributed by atoms with Gasteiger partial charge in [-0.05, 0) is 31.9 Å². The number of unbranched alkanes of at least 4 members (excludes halogenated alkanes) is 1. The molecule has 8 heteroatoms. The first-order valence-corrected chi connectivity index (χ1v) is 7.46. The standard InChI is InChI=1S/C17H18O8/c1-2-7-14(18)23-10-5-6-11-24-15(19)12-8-3-4-9-13(12)16(20)25-17(21)22/h2-4,7-9H,5-6,10-11H2,1H3,(H,21,22). The van der Waals surface area contributed by atoms with Gasteiger partial charge in [0.15, 0.2) is 0 Å². The smallest absolute Gasteiger partial charge is 0.463 e. The molecule has 0 radical (unpaired) electrons. The third-order valence-corrected chi connectivity index (χ3v) is 2.87. The highest BCUT2D eigenvalue weighted by Gasteiger charge is 2.20. The molecule has 0 saturated heterocycles. The fourth-order valence-corrected chi connectivity index (χ4v) is 1.78. The Labute approximate surface area is 144 Å². The maximum atomic E-state index is 12.0. The number of allylic oxidation sites excluding steroid dienone is 1. The molecule has 0 aliphatic carbocycles. The first kappa shape index (κ1) is 19.9. The lowest BCUT2D eigenvalue weighted by atomic mass is 10.1. The fraction of sp³-hybridized carbons (Fsp3) is 0.294. The lowest BCUT2D eigenvalue weighted by Gasteiger charge is -2.08. The van der Waals surface area contributed by atoms with E-state index in [-0.39, 0.29) is 24.3 Å². The van der Waals surface area contributed by atoms with Crippen LogP contribution in [0.4, 0.5) is 4.79 Å². The van der Waals surface area contributed by atoms with Gasteiger partial charge in [0.05, 0.1) is 24.3 Å². The molecule has 0 amide bonds. The van der Waals surface area contributed by atoms with Gasteiger partial charge in [-0.3, -0.25) is 0 Å². The second-order valence-corrected chi connectivity index (χ2v) is 4.71. The predicted molar refractivity (Wildman–Crippen MR) is 85.2 cm³/mol. The lowest BCUT2D eigenvalue weighted by Crippen LogP contribution is -2.16. The van der Waals surface area contributed by atoms with E-state index < -0.39 is 24.1 Å². The van der Waals surface area contributed by atoms with E-state index >= 15 is 0 Å². The van der Waals surface area contributed by atoms with Gasteiger partial charge in [-0.2, -0.15) is 0 Å².